The van der Waals surface area contributed by atoms with E-state index in [0.717, 1.165) is 5.56 Å². The molecule has 0 aliphatic carbocycles. The van der Waals surface area contributed by atoms with Gasteiger partial charge in [0.2, 0.25) is 10.0 Å². The first kappa shape index (κ1) is 50.2. The van der Waals surface area contributed by atoms with E-state index in [2.05, 4.69) is 25.6 Å². The van der Waals surface area contributed by atoms with Gasteiger partial charge in [-0.05, 0) is 124 Å². The molecule has 2 unspecified atom stereocenters. The molecule has 6 rings (SSSR count). The van der Waals surface area contributed by atoms with E-state index in [1.54, 1.807) is 94.6 Å². The highest BCUT2D eigenvalue weighted by Gasteiger charge is 2.53. The third-order valence-corrected chi connectivity index (χ3v) is 14.9. The van der Waals surface area contributed by atoms with Crippen LogP contribution in [-0.2, 0) is 45.8 Å². The molecule has 4 aromatic carbocycles. The Morgan fingerprint density at radius 3 is 1.83 bits per heavy atom. The predicted octanol–water partition coefficient (Wildman–Crippen LogP) is 6.69. The highest BCUT2D eigenvalue weighted by molar-refractivity contribution is 14.1. The van der Waals surface area contributed by atoms with Crippen LogP contribution >= 0.6 is 22.6 Å². The minimum absolute atomic E-state index is 0.0800. The zero-order valence-electron chi connectivity index (χ0n) is 38.1. The number of nitrogens with zero attached hydrogens (tertiary/aromatic N) is 6. The van der Waals surface area contributed by atoms with Crippen LogP contribution in [0.15, 0.2) is 94.7 Å². The number of hydrogen-bond acceptors (Lipinski definition) is 13. The van der Waals surface area contributed by atoms with Gasteiger partial charge in [0, 0.05) is 23.2 Å². The fourth-order valence-electron chi connectivity index (χ4n) is 7.75. The number of carbonyl (C=O) groups is 2. The monoisotopic (exact) mass is 1060 g/mol. The quantitative estimate of drug-likeness (QED) is 0.0692. The Hall–Kier alpha value is -5.20. The number of alkyl carbamates (subject to hydrolysis) is 1. The highest BCUT2D eigenvalue weighted by Crippen LogP contribution is 2.40. The molecule has 1 aliphatic rings. The van der Waals surface area contributed by atoms with Crippen molar-refractivity contribution in [1.29, 1.82) is 0 Å². The molecule has 0 spiro atoms. The lowest BCUT2D eigenvalue weighted by Crippen LogP contribution is -2.57. The number of nitrogens with one attached hydrogen (secondary N) is 2. The van der Waals surface area contributed by atoms with Gasteiger partial charge >= 0.3 is 12.2 Å². The van der Waals surface area contributed by atoms with Gasteiger partial charge in [0.25, 0.3) is 0 Å². The molecule has 18 nitrogen and oxygen atoms in total. The Kier molecular flexibility index (Phi) is 15.8. The number of hydrogen-bond donors (Lipinski definition) is 3. The molecule has 1 aromatic heterocycles. The van der Waals surface area contributed by atoms with E-state index < -0.39 is 62.7 Å². The van der Waals surface area contributed by atoms with Crippen LogP contribution in [0, 0.1) is 8.99 Å². The van der Waals surface area contributed by atoms with Crippen molar-refractivity contribution in [2.24, 2.45) is 5.41 Å². The summed E-state index contributed by atoms with van der Waals surface area (Å²) >= 11 is -0.390. The number of carbonyl (C=O) groups excluding carboxylic acids is 1. The number of likely N-dealkylation sites (tertiary alicyclic amines) is 1. The lowest BCUT2D eigenvalue weighted by Gasteiger charge is -2.37. The van der Waals surface area contributed by atoms with Crippen LogP contribution in [0.3, 0.4) is 0 Å². The number of sulfonamides is 1. The highest BCUT2D eigenvalue weighted by atomic mass is 127. The second kappa shape index (κ2) is 20.8. The molecule has 2 amide bonds. The van der Waals surface area contributed by atoms with Gasteiger partial charge in [-0.2, -0.15) is 4.31 Å². The maximum absolute atomic E-state index is 15.9. The van der Waals surface area contributed by atoms with Crippen molar-refractivity contribution in [3.63, 3.8) is 0 Å². The summed E-state index contributed by atoms with van der Waals surface area (Å²) in [6.07, 6.45) is -2.06. The topological polar surface area (TPSA) is 223 Å². The molecule has 2 heterocycles. The lowest BCUT2D eigenvalue weighted by atomic mass is 9.82. The summed E-state index contributed by atoms with van der Waals surface area (Å²) in [5.74, 6) is 1.88. The average Bonchev–Trinajstić information content (AvgIpc) is 3.87. The number of halogens is 1. The zero-order valence-corrected chi connectivity index (χ0v) is 41.9. The van der Waals surface area contributed by atoms with E-state index in [-0.39, 0.29) is 47.4 Å². The van der Waals surface area contributed by atoms with Crippen LogP contribution in [0.25, 0.3) is 11.4 Å². The van der Waals surface area contributed by atoms with Gasteiger partial charge in [-0.1, -0.05) is 57.2 Å². The van der Waals surface area contributed by atoms with E-state index >= 15 is 13.0 Å². The third kappa shape index (κ3) is 11.8. The normalized spacial score (nSPS) is 17.1. The maximum Gasteiger partial charge on any atom is 0.407 e. The number of rotatable bonds is 16. The number of aromatic nitrogens is 4. The zero-order chi connectivity index (χ0) is 48.1. The fraction of sp³-hybridized carbons (Fsp3) is 0.400. The molecule has 66 heavy (non-hydrogen) atoms. The number of carboxylic acid groups (broad SMARTS) is 1. The molecule has 0 radical (unpaired) electrons. The van der Waals surface area contributed by atoms with Crippen molar-refractivity contribution in [3.8, 4) is 28.6 Å². The van der Waals surface area contributed by atoms with Gasteiger partial charge in [0.15, 0.2) is 15.6 Å². The first-order valence-corrected chi connectivity index (χ1v) is 24.5. The Labute approximate surface area is 401 Å². The molecule has 354 valence electrons. The van der Waals surface area contributed by atoms with Crippen LogP contribution < -0.4 is 24.2 Å². The van der Waals surface area contributed by atoms with Crippen molar-refractivity contribution in [2.45, 2.75) is 94.7 Å². The first-order chi connectivity index (χ1) is 31.1. The van der Waals surface area contributed by atoms with Crippen molar-refractivity contribution in [3.05, 3.63) is 105 Å². The summed E-state index contributed by atoms with van der Waals surface area (Å²) in [7, 11) is -0.0838. The molecule has 5 aromatic rings. The number of methoxy groups -OCH3 is 3. The molecular weight excluding hydrogens is 1000 g/mol. The van der Waals surface area contributed by atoms with Gasteiger partial charge in [-0.15, -0.1) is 9.82 Å². The Bertz CT molecular complexity index is 2540. The summed E-state index contributed by atoms with van der Waals surface area (Å²) in [4.78, 5) is 26.8. The largest absolute Gasteiger partial charge is 0.593 e. The van der Waals surface area contributed by atoms with Crippen LogP contribution in [0.2, 0.25) is 0 Å². The van der Waals surface area contributed by atoms with Gasteiger partial charge in [-0.3, -0.25) is 0 Å². The Morgan fingerprint density at radius 2 is 1.36 bits per heavy atom. The second-order valence-corrected chi connectivity index (χ2v) is 21.9. The minimum Gasteiger partial charge on any atom is -0.593 e. The summed E-state index contributed by atoms with van der Waals surface area (Å²) in [6.45, 7) is 10.3. The molecule has 0 bridgehead atoms. The molecule has 21 heteroatoms. The molecule has 1 fully saturated rings. The predicted molar refractivity (Wildman–Crippen MR) is 255 cm³/mol. The third-order valence-electron chi connectivity index (χ3n) is 10.7. The SMILES string of the molecule is COc1ccc(CN(Cc2ccc(OC)cc2)S(=O)(=O)c2c([S+]([O-])N[C@H]3C(C(C)(C)C)N(C(=O)O)C[C@H]3NC(=O)OC(C)(C)C)ccc(I)c2-c2nnnn2Cc2ccc(OC)cc2)cc1. The average molecular weight is 1060 g/mol. The minimum atomic E-state index is -4.72. The van der Waals surface area contributed by atoms with Gasteiger partial charge in [0.1, 0.15) is 22.8 Å². The maximum atomic E-state index is 15.9. The van der Waals surface area contributed by atoms with E-state index in [1.807, 2.05) is 55.5 Å². The van der Waals surface area contributed by atoms with Crippen LogP contribution in [0.4, 0.5) is 9.59 Å². The van der Waals surface area contributed by atoms with Gasteiger partial charge in [0.05, 0.1) is 62.9 Å². The molecule has 1 saturated heterocycles. The standard InChI is InChI=1S/C45H55IN8O10S2/c1-44(2,3)40-38(35(27-53(40)43(56)57)47-42(55)64-45(4,5)6)49-65(58)36-23-22-34(46)37(41-48-50-51-54(41)26-30-14-20-33(63-9)21-15-30)39(36)66(59,60)52(24-28-10-16-31(61-7)17-11-28)25-29-12-18-32(62-8)19-13-29/h10-23,35,38,40,49H,24-27H2,1-9H3,(H,47,55)(H,56,57)/t35-,38-,40?,65?/m1/s1. The second-order valence-electron chi connectivity index (χ2n) is 17.6. The molecule has 1 aliphatic heterocycles. The summed E-state index contributed by atoms with van der Waals surface area (Å²) in [5.41, 5.74) is 0.492. The number of amides is 2. The first-order valence-electron chi connectivity index (χ1n) is 20.8. The van der Waals surface area contributed by atoms with Crippen molar-refractivity contribution in [1.82, 2.24) is 39.5 Å². The molecule has 3 N–H and O–H groups in total. The Morgan fingerprint density at radius 1 is 0.848 bits per heavy atom. The summed E-state index contributed by atoms with van der Waals surface area (Å²) < 4.78 is 75.1. The number of tetrazole rings is 1. The lowest BCUT2D eigenvalue weighted by molar-refractivity contribution is 0.0499. The smallest absolute Gasteiger partial charge is 0.407 e. The van der Waals surface area contributed by atoms with Gasteiger partial charge in [-0.25, -0.2) is 22.7 Å². The van der Waals surface area contributed by atoms with E-state index in [0.29, 0.717) is 31.9 Å². The van der Waals surface area contributed by atoms with Gasteiger partial charge < -0.3 is 38.8 Å². The van der Waals surface area contributed by atoms with E-state index in [4.69, 9.17) is 18.9 Å². The summed E-state index contributed by atoms with van der Waals surface area (Å²) in [5, 5.41) is 25.9. The van der Waals surface area contributed by atoms with E-state index in [1.165, 1.54) is 34.2 Å². The molecule has 4 atom stereocenters. The number of ether oxygens (including phenoxy) is 4. The van der Waals surface area contributed by atoms with Crippen LogP contribution in [0.1, 0.15) is 58.2 Å². The van der Waals surface area contributed by atoms with Crippen molar-refractivity contribution in [2.75, 3.05) is 27.9 Å². The Balaban J connectivity index is 1.54. The number of benzene rings is 4. The van der Waals surface area contributed by atoms with Crippen molar-refractivity contribution >= 4 is 56.2 Å². The fourth-order valence-corrected chi connectivity index (χ4v) is 12.0. The van der Waals surface area contributed by atoms with Crippen LogP contribution in [-0.4, -0.2) is 111 Å². The summed E-state index contributed by atoms with van der Waals surface area (Å²) in [6, 6.07) is 21.5. The molecular formula is C45H55IN8O10S2. The van der Waals surface area contributed by atoms with Crippen LogP contribution in [0.5, 0.6) is 17.2 Å². The molecule has 0 saturated carbocycles. The van der Waals surface area contributed by atoms with E-state index in [9.17, 15) is 14.7 Å². The van der Waals surface area contributed by atoms with Crippen molar-refractivity contribution < 1.29 is 46.6 Å².